The van der Waals surface area contributed by atoms with E-state index in [0.29, 0.717) is 5.56 Å². The summed E-state index contributed by atoms with van der Waals surface area (Å²) in [6.45, 7) is 0. The quantitative estimate of drug-likeness (QED) is 0.496. The van der Waals surface area contributed by atoms with Gasteiger partial charge in [0.15, 0.2) is 5.13 Å². The van der Waals surface area contributed by atoms with Gasteiger partial charge in [0.05, 0.1) is 25.1 Å². The van der Waals surface area contributed by atoms with Crippen molar-refractivity contribution >= 4 is 28.1 Å². The average molecular weight is 403 g/mol. The van der Waals surface area contributed by atoms with Crippen LogP contribution in [0, 0.1) is 0 Å². The first-order chi connectivity index (χ1) is 16.4. The molecule has 0 fully saturated rings. The monoisotopic (exact) mass is 402 g/mol. The molecule has 0 saturated heterocycles. The molecule has 0 aliphatic heterocycles. The zero-order valence-corrected chi connectivity index (χ0v) is 15.9. The molecule has 5 nitrogen and oxygen atoms in total. The number of hydrogen-bond donors (Lipinski definition) is 3. The van der Waals surface area contributed by atoms with E-state index in [0.717, 1.165) is 11.3 Å². The van der Waals surface area contributed by atoms with Gasteiger partial charge in [0.2, 0.25) is 5.91 Å². The highest BCUT2D eigenvalue weighted by atomic mass is 32.1. The molecular weight excluding hydrogens is 370 g/mol. The fourth-order valence-corrected chi connectivity index (χ4v) is 3.01. The van der Waals surface area contributed by atoms with E-state index in [-0.39, 0.29) is 47.6 Å². The van der Waals surface area contributed by atoms with Crippen LogP contribution in [0.2, 0.25) is 0 Å². The molecule has 0 spiro atoms. The van der Waals surface area contributed by atoms with Gasteiger partial charge in [0.1, 0.15) is 0 Å². The van der Waals surface area contributed by atoms with Gasteiger partial charge in [-0.25, -0.2) is 4.98 Å². The predicted molar refractivity (Wildman–Crippen MR) is 114 cm³/mol. The van der Waals surface area contributed by atoms with Gasteiger partial charge in [0, 0.05) is 13.8 Å². The van der Waals surface area contributed by atoms with Crippen LogP contribution in [0.3, 0.4) is 0 Å². The SMILES string of the molecule is [2H]c1sc(N)nc1CC(=O)Nc1c([2H])c([2H])c(C([2H])([2H])CCC[C@H](O)c2ccccc2)c([2H])c1[2H]. The predicted octanol–water partition coefficient (Wildman–Crippen LogP) is 4.35. The van der Waals surface area contributed by atoms with Crippen molar-refractivity contribution < 1.29 is 19.5 Å². The van der Waals surface area contributed by atoms with Crippen LogP contribution in [0.15, 0.2) is 59.9 Å². The number of aromatic nitrogens is 1. The van der Waals surface area contributed by atoms with Gasteiger partial charge in [-0.15, -0.1) is 11.3 Å². The number of carbonyl (C=O) groups is 1. The second kappa shape index (κ2) is 10.0. The first-order valence-electron chi connectivity index (χ1n) is 12.3. The number of nitrogen functional groups attached to an aromatic ring is 1. The highest BCUT2D eigenvalue weighted by molar-refractivity contribution is 7.13. The smallest absolute Gasteiger partial charge is 0.230 e. The minimum absolute atomic E-state index is 0.0122. The molecule has 0 bridgehead atoms. The second-order valence-corrected chi connectivity index (χ2v) is 6.90. The maximum absolute atomic E-state index is 12.4. The van der Waals surface area contributed by atoms with E-state index < -0.39 is 48.1 Å². The molecule has 1 atom stereocenters. The van der Waals surface area contributed by atoms with Crippen LogP contribution < -0.4 is 11.1 Å². The lowest BCUT2D eigenvalue weighted by Crippen LogP contribution is -2.14. The maximum Gasteiger partial charge on any atom is 0.230 e. The van der Waals surface area contributed by atoms with Crippen LogP contribution in [-0.4, -0.2) is 16.0 Å². The third-order valence-electron chi connectivity index (χ3n) is 3.88. The maximum atomic E-state index is 12.4. The molecule has 0 radical (unpaired) electrons. The van der Waals surface area contributed by atoms with Gasteiger partial charge in [-0.2, -0.15) is 0 Å². The lowest BCUT2D eigenvalue weighted by molar-refractivity contribution is -0.115. The zero-order valence-electron chi connectivity index (χ0n) is 22.1. The van der Waals surface area contributed by atoms with Crippen molar-refractivity contribution in [1.29, 1.82) is 0 Å². The minimum atomic E-state index is -2.20. The molecule has 6 heteroatoms. The Balaban J connectivity index is 1.76. The largest absolute Gasteiger partial charge is 0.388 e. The van der Waals surface area contributed by atoms with E-state index in [4.69, 9.17) is 15.3 Å². The Morgan fingerprint density at radius 3 is 2.68 bits per heavy atom. The Labute approximate surface area is 179 Å². The van der Waals surface area contributed by atoms with Crippen molar-refractivity contribution in [3.05, 3.63) is 76.7 Å². The molecular formula is C22H25N3O2S. The number of aliphatic hydroxyl groups is 1. The molecule has 146 valence electrons. The number of thiazole rings is 1. The normalized spacial score (nSPS) is 16.0. The highest BCUT2D eigenvalue weighted by Gasteiger charge is 2.08. The number of anilines is 2. The summed E-state index contributed by atoms with van der Waals surface area (Å²) in [6, 6.07) is 6.61. The zero-order chi connectivity index (χ0) is 25.9. The van der Waals surface area contributed by atoms with Gasteiger partial charge >= 0.3 is 0 Å². The number of amides is 1. The number of nitrogens with zero attached hydrogens (tertiary/aromatic N) is 1. The summed E-state index contributed by atoms with van der Waals surface area (Å²) in [6.07, 6.45) is -2.94. The molecule has 4 N–H and O–H groups in total. The molecule has 2 aromatic carbocycles. The molecule has 0 saturated carbocycles. The number of rotatable bonds is 9. The van der Waals surface area contributed by atoms with E-state index in [9.17, 15) is 9.90 Å². The fourth-order valence-electron chi connectivity index (χ4n) is 2.52. The Morgan fingerprint density at radius 2 is 2.00 bits per heavy atom. The summed E-state index contributed by atoms with van der Waals surface area (Å²) in [7, 11) is 0. The van der Waals surface area contributed by atoms with Gasteiger partial charge < -0.3 is 16.2 Å². The summed E-state index contributed by atoms with van der Waals surface area (Å²) < 4.78 is 57.7. The summed E-state index contributed by atoms with van der Waals surface area (Å²) in [5.41, 5.74) is 5.59. The van der Waals surface area contributed by atoms with Crippen LogP contribution in [0.1, 0.15) is 51.8 Å². The highest BCUT2D eigenvalue weighted by Crippen LogP contribution is 2.20. The van der Waals surface area contributed by atoms with Crippen LogP contribution in [-0.2, 0) is 17.6 Å². The lowest BCUT2D eigenvalue weighted by atomic mass is 10.0. The molecule has 0 aliphatic carbocycles. The number of benzene rings is 2. The van der Waals surface area contributed by atoms with E-state index in [1.807, 2.05) is 6.07 Å². The first kappa shape index (κ1) is 12.7. The van der Waals surface area contributed by atoms with Gasteiger partial charge in [-0.3, -0.25) is 4.79 Å². The van der Waals surface area contributed by atoms with Gasteiger partial charge in [0.25, 0.3) is 0 Å². The van der Waals surface area contributed by atoms with Gasteiger partial charge in [-0.1, -0.05) is 48.8 Å². The summed E-state index contributed by atoms with van der Waals surface area (Å²) in [5.74, 6) is -0.699. The minimum Gasteiger partial charge on any atom is -0.388 e. The van der Waals surface area contributed by atoms with Crippen LogP contribution >= 0.6 is 11.3 Å². The molecule has 1 aromatic heterocycles. The third-order valence-corrected chi connectivity index (χ3v) is 4.51. The summed E-state index contributed by atoms with van der Waals surface area (Å²) in [4.78, 5) is 16.3. The van der Waals surface area contributed by atoms with Crippen molar-refractivity contribution in [3.8, 4) is 0 Å². The van der Waals surface area contributed by atoms with Crippen molar-refractivity contribution in [3.63, 3.8) is 0 Å². The average Bonchev–Trinajstić information content (AvgIpc) is 3.11. The molecule has 1 amide bonds. The van der Waals surface area contributed by atoms with Crippen LogP contribution in [0.4, 0.5) is 10.8 Å². The number of hydrogen-bond acceptors (Lipinski definition) is 5. The number of aliphatic hydroxyl groups excluding tert-OH is 1. The number of nitrogens with two attached hydrogens (primary N) is 1. The van der Waals surface area contributed by atoms with Crippen molar-refractivity contribution in [2.45, 2.75) is 38.2 Å². The summed E-state index contributed by atoms with van der Waals surface area (Å²) in [5, 5.41) is 12.8. The van der Waals surface area contributed by atoms with Crippen LogP contribution in [0.25, 0.3) is 0 Å². The lowest BCUT2D eigenvalue weighted by Gasteiger charge is -2.10. The van der Waals surface area contributed by atoms with Crippen molar-refractivity contribution in [1.82, 2.24) is 4.98 Å². The summed E-state index contributed by atoms with van der Waals surface area (Å²) >= 11 is 0.902. The molecule has 1 heterocycles. The van der Waals surface area contributed by atoms with Crippen LogP contribution in [0.5, 0.6) is 0 Å². The van der Waals surface area contributed by atoms with E-state index >= 15 is 0 Å². The molecule has 3 aromatic rings. The molecule has 0 aliphatic rings. The van der Waals surface area contributed by atoms with E-state index in [1.165, 1.54) is 0 Å². The van der Waals surface area contributed by atoms with Gasteiger partial charge in [-0.05, 0) is 42.4 Å². The van der Waals surface area contributed by atoms with E-state index in [1.54, 1.807) is 24.3 Å². The van der Waals surface area contributed by atoms with E-state index in [2.05, 4.69) is 10.3 Å². The number of nitrogens with one attached hydrogen (secondary N) is 1. The fraction of sp³-hybridized carbons (Fsp3) is 0.273. The van der Waals surface area contributed by atoms with Crippen molar-refractivity contribution in [2.24, 2.45) is 0 Å². The Kier molecular flexibility index (Phi) is 4.54. The standard InChI is InChI=1S/C22H25N3O2S/c23-22-25-19(15-28-22)14-21(27)24-18-12-10-16(11-13-18)6-4-5-9-20(26)17-7-2-1-3-8-17/h1-3,7-8,10-13,15,20,26H,4-6,9,14H2,(H2,23,25)(H,24,27)/t20-/m0/s1/i6D2,10D,11D,12D,13D,15D. The number of carbonyl (C=O) groups excluding carboxylic acids is 1. The molecule has 0 unspecified atom stereocenters. The Morgan fingerprint density at radius 1 is 1.25 bits per heavy atom. The van der Waals surface area contributed by atoms with Crippen molar-refractivity contribution in [2.75, 3.05) is 11.1 Å². The Hall–Kier alpha value is -2.70. The Bertz CT molecular complexity index is 1190. The first-order valence-corrected chi connectivity index (χ1v) is 9.59. The molecule has 28 heavy (non-hydrogen) atoms. The topological polar surface area (TPSA) is 88.2 Å². The second-order valence-electron chi connectivity index (χ2n) is 6.07. The third kappa shape index (κ3) is 6.18. The molecule has 3 rings (SSSR count).